The fourth-order valence-corrected chi connectivity index (χ4v) is 1.53. The largest absolute Gasteiger partial charge is 0.490 e. The van der Waals surface area contributed by atoms with Crippen molar-refractivity contribution in [2.75, 3.05) is 27.2 Å². The number of aromatic nitrogens is 1. The number of ether oxygens (including phenoxy) is 1. The van der Waals surface area contributed by atoms with Gasteiger partial charge in [-0.05, 0) is 53.5 Å². The molecule has 0 fully saturated rings. The molecule has 0 spiro atoms. The molecule has 0 saturated carbocycles. The number of hydrogen-bond donors (Lipinski definition) is 1. The molecule has 0 saturated heterocycles. The molecule has 4 nitrogen and oxygen atoms in total. The zero-order chi connectivity index (χ0) is 14.5. The molecule has 0 bridgehead atoms. The first-order valence-electron chi connectivity index (χ1n) is 6.86. The minimum atomic E-state index is 0.00965. The van der Waals surface area contributed by atoms with Gasteiger partial charge in [-0.25, -0.2) is 0 Å². The third-order valence-electron chi connectivity index (χ3n) is 3.52. The van der Waals surface area contributed by atoms with E-state index >= 15 is 0 Å². The Balaban J connectivity index is 2.58. The third kappa shape index (κ3) is 4.80. The van der Waals surface area contributed by atoms with E-state index in [1.165, 1.54) is 0 Å². The number of nitrogens with zero attached hydrogens (tertiary/aromatic N) is 2. The van der Waals surface area contributed by atoms with Crippen molar-refractivity contribution in [3.8, 4) is 5.75 Å². The van der Waals surface area contributed by atoms with Gasteiger partial charge < -0.3 is 15.0 Å². The number of nitrogens with one attached hydrogen (secondary N) is 1. The fourth-order valence-electron chi connectivity index (χ4n) is 1.53. The summed E-state index contributed by atoms with van der Waals surface area (Å²) in [4.78, 5) is 6.60. The normalized spacial score (nSPS) is 13.6. The average molecular weight is 265 g/mol. The van der Waals surface area contributed by atoms with Crippen molar-refractivity contribution in [2.45, 2.75) is 39.3 Å². The minimum absolute atomic E-state index is 0.00965. The van der Waals surface area contributed by atoms with Gasteiger partial charge in [0.2, 0.25) is 0 Å². The molecular formula is C15H27N3O. The zero-order valence-corrected chi connectivity index (χ0v) is 13.0. The van der Waals surface area contributed by atoms with Gasteiger partial charge in [0.05, 0.1) is 11.9 Å². The standard InChI is InChI=1S/C15H27N3O/c1-7-16-12(2)14-9-8-13(10-17-14)19-11-15(3,4)18(5)6/h8-10,12,16H,7,11H2,1-6H3. The van der Waals surface area contributed by atoms with Crippen LogP contribution in [0.5, 0.6) is 5.75 Å². The molecule has 1 heterocycles. The van der Waals surface area contributed by atoms with E-state index in [1.807, 2.05) is 12.1 Å². The number of likely N-dealkylation sites (N-methyl/N-ethyl adjacent to an activating group) is 1. The molecule has 1 aromatic rings. The molecular weight excluding hydrogens is 238 g/mol. The van der Waals surface area contributed by atoms with E-state index in [0.717, 1.165) is 18.0 Å². The van der Waals surface area contributed by atoms with Gasteiger partial charge in [0.1, 0.15) is 12.4 Å². The van der Waals surface area contributed by atoms with E-state index < -0.39 is 0 Å². The van der Waals surface area contributed by atoms with Crippen LogP contribution in [0.4, 0.5) is 0 Å². The van der Waals surface area contributed by atoms with Crippen LogP contribution in [0.2, 0.25) is 0 Å². The summed E-state index contributed by atoms with van der Waals surface area (Å²) in [5, 5.41) is 3.34. The van der Waals surface area contributed by atoms with E-state index in [0.29, 0.717) is 6.61 Å². The average Bonchev–Trinajstić information content (AvgIpc) is 2.37. The Morgan fingerprint density at radius 3 is 2.53 bits per heavy atom. The van der Waals surface area contributed by atoms with Crippen LogP contribution in [0.15, 0.2) is 18.3 Å². The van der Waals surface area contributed by atoms with Gasteiger partial charge in [0.25, 0.3) is 0 Å². The van der Waals surface area contributed by atoms with Crippen LogP contribution in [0.3, 0.4) is 0 Å². The molecule has 1 N–H and O–H groups in total. The van der Waals surface area contributed by atoms with E-state index in [2.05, 4.69) is 57.0 Å². The van der Waals surface area contributed by atoms with Crippen molar-refractivity contribution in [1.82, 2.24) is 15.2 Å². The van der Waals surface area contributed by atoms with Gasteiger partial charge >= 0.3 is 0 Å². The second kappa shape index (κ2) is 6.87. The molecule has 4 heteroatoms. The van der Waals surface area contributed by atoms with E-state index in [1.54, 1.807) is 6.20 Å². The Hall–Kier alpha value is -1.13. The Labute approximate surface area is 117 Å². The maximum absolute atomic E-state index is 5.80. The summed E-state index contributed by atoms with van der Waals surface area (Å²) < 4.78 is 5.80. The van der Waals surface area contributed by atoms with Crippen molar-refractivity contribution < 1.29 is 4.74 Å². The highest BCUT2D eigenvalue weighted by Crippen LogP contribution is 2.17. The minimum Gasteiger partial charge on any atom is -0.490 e. The summed E-state index contributed by atoms with van der Waals surface area (Å²) in [6, 6.07) is 4.28. The van der Waals surface area contributed by atoms with Crippen LogP contribution in [0.25, 0.3) is 0 Å². The molecule has 108 valence electrons. The fraction of sp³-hybridized carbons (Fsp3) is 0.667. The third-order valence-corrected chi connectivity index (χ3v) is 3.52. The van der Waals surface area contributed by atoms with Gasteiger partial charge in [-0.2, -0.15) is 0 Å². The van der Waals surface area contributed by atoms with Crippen LogP contribution in [0.1, 0.15) is 39.4 Å². The second-order valence-corrected chi connectivity index (χ2v) is 5.69. The van der Waals surface area contributed by atoms with Crippen molar-refractivity contribution in [3.05, 3.63) is 24.0 Å². The molecule has 0 radical (unpaired) electrons. The van der Waals surface area contributed by atoms with Crippen LogP contribution >= 0.6 is 0 Å². The lowest BCUT2D eigenvalue weighted by Crippen LogP contribution is -2.43. The Morgan fingerprint density at radius 1 is 1.37 bits per heavy atom. The lowest BCUT2D eigenvalue weighted by atomic mass is 10.1. The highest BCUT2D eigenvalue weighted by molar-refractivity contribution is 5.21. The maximum Gasteiger partial charge on any atom is 0.137 e. The Morgan fingerprint density at radius 2 is 2.05 bits per heavy atom. The summed E-state index contributed by atoms with van der Waals surface area (Å²) in [5.74, 6) is 0.822. The van der Waals surface area contributed by atoms with Gasteiger partial charge in [0.15, 0.2) is 0 Å². The molecule has 1 aromatic heterocycles. The Bertz CT molecular complexity index is 373. The van der Waals surface area contributed by atoms with Crippen LogP contribution < -0.4 is 10.1 Å². The number of rotatable bonds is 7. The van der Waals surface area contributed by atoms with E-state index in [4.69, 9.17) is 4.74 Å². The molecule has 1 rings (SSSR count). The van der Waals surface area contributed by atoms with Crippen molar-refractivity contribution in [2.24, 2.45) is 0 Å². The van der Waals surface area contributed by atoms with Crippen molar-refractivity contribution in [3.63, 3.8) is 0 Å². The van der Waals surface area contributed by atoms with Gasteiger partial charge in [0, 0.05) is 11.6 Å². The van der Waals surface area contributed by atoms with Crippen LogP contribution in [0, 0.1) is 0 Å². The first kappa shape index (κ1) is 15.9. The quantitative estimate of drug-likeness (QED) is 0.822. The smallest absolute Gasteiger partial charge is 0.137 e. The van der Waals surface area contributed by atoms with E-state index in [-0.39, 0.29) is 11.6 Å². The summed E-state index contributed by atoms with van der Waals surface area (Å²) in [6.07, 6.45) is 1.80. The highest BCUT2D eigenvalue weighted by atomic mass is 16.5. The van der Waals surface area contributed by atoms with Crippen LogP contribution in [-0.4, -0.2) is 42.7 Å². The topological polar surface area (TPSA) is 37.4 Å². The second-order valence-electron chi connectivity index (χ2n) is 5.69. The molecule has 0 amide bonds. The summed E-state index contributed by atoms with van der Waals surface area (Å²) in [6.45, 7) is 10.1. The molecule has 1 unspecified atom stereocenters. The summed E-state index contributed by atoms with van der Waals surface area (Å²) >= 11 is 0. The lowest BCUT2D eigenvalue weighted by Gasteiger charge is -2.32. The highest BCUT2D eigenvalue weighted by Gasteiger charge is 2.21. The first-order valence-corrected chi connectivity index (χ1v) is 6.86. The van der Waals surface area contributed by atoms with Crippen LogP contribution in [-0.2, 0) is 0 Å². The molecule has 0 aliphatic carbocycles. The summed E-state index contributed by atoms with van der Waals surface area (Å²) in [7, 11) is 4.12. The molecule has 19 heavy (non-hydrogen) atoms. The van der Waals surface area contributed by atoms with Gasteiger partial charge in [-0.3, -0.25) is 4.98 Å². The van der Waals surface area contributed by atoms with Crippen molar-refractivity contribution >= 4 is 0 Å². The summed E-state index contributed by atoms with van der Waals surface area (Å²) in [5.41, 5.74) is 1.05. The predicted octanol–water partition coefficient (Wildman–Crippen LogP) is 2.47. The molecule has 0 aliphatic heterocycles. The first-order chi connectivity index (χ1) is 8.86. The predicted molar refractivity (Wildman–Crippen MR) is 79.6 cm³/mol. The van der Waals surface area contributed by atoms with Crippen molar-refractivity contribution in [1.29, 1.82) is 0 Å². The van der Waals surface area contributed by atoms with E-state index in [9.17, 15) is 0 Å². The van der Waals surface area contributed by atoms with Gasteiger partial charge in [-0.15, -0.1) is 0 Å². The molecule has 0 aliphatic rings. The maximum atomic E-state index is 5.80. The monoisotopic (exact) mass is 265 g/mol. The van der Waals surface area contributed by atoms with Gasteiger partial charge in [-0.1, -0.05) is 6.92 Å². The SMILES string of the molecule is CCNC(C)c1ccc(OCC(C)(C)N(C)C)cn1. The number of pyridine rings is 1. The molecule has 1 atom stereocenters. The zero-order valence-electron chi connectivity index (χ0n) is 13.0. The molecule has 0 aromatic carbocycles. The number of hydrogen-bond acceptors (Lipinski definition) is 4. The Kier molecular flexibility index (Phi) is 5.76. The lowest BCUT2D eigenvalue weighted by molar-refractivity contribution is 0.114.